The zero-order valence-electron chi connectivity index (χ0n) is 14.8. The van der Waals surface area contributed by atoms with Gasteiger partial charge in [0.25, 0.3) is 5.91 Å². The summed E-state index contributed by atoms with van der Waals surface area (Å²) < 4.78 is 11.2. The number of hydrogen-bond donors (Lipinski definition) is 1. The van der Waals surface area contributed by atoms with Gasteiger partial charge >= 0.3 is 5.97 Å². The molecule has 0 radical (unpaired) electrons. The van der Waals surface area contributed by atoms with Gasteiger partial charge in [-0.2, -0.15) is 0 Å². The van der Waals surface area contributed by atoms with Gasteiger partial charge in [0.05, 0.1) is 13.5 Å². The van der Waals surface area contributed by atoms with Crippen molar-refractivity contribution in [3.05, 3.63) is 68.6 Å². The predicted molar refractivity (Wildman–Crippen MR) is 108 cm³/mol. The lowest BCUT2D eigenvalue weighted by Gasteiger charge is -2.04. The highest BCUT2D eigenvalue weighted by Gasteiger charge is 2.14. The van der Waals surface area contributed by atoms with Crippen molar-refractivity contribution in [2.45, 2.75) is 13.0 Å². The number of benzene rings is 2. The first-order valence-corrected chi connectivity index (χ1v) is 9.82. The van der Waals surface area contributed by atoms with Crippen LogP contribution >= 0.6 is 27.3 Å². The number of halogens is 1. The highest BCUT2D eigenvalue weighted by atomic mass is 79.9. The van der Waals surface area contributed by atoms with E-state index in [1.807, 2.05) is 24.3 Å². The Kier molecular flexibility index (Phi) is 6.72. The molecule has 7 nitrogen and oxygen atoms in total. The molecule has 0 spiro atoms. The Morgan fingerprint density at radius 2 is 1.79 bits per heavy atom. The summed E-state index contributed by atoms with van der Waals surface area (Å²) in [5, 5.41) is 11.1. The first-order valence-electron chi connectivity index (χ1n) is 8.21. The topological polar surface area (TPSA) is 90.4 Å². The van der Waals surface area contributed by atoms with Crippen molar-refractivity contribution >= 4 is 44.8 Å². The van der Waals surface area contributed by atoms with Gasteiger partial charge in [-0.3, -0.25) is 9.59 Å². The summed E-state index contributed by atoms with van der Waals surface area (Å²) in [4.78, 5) is 24.2. The number of methoxy groups -OCH3 is 1. The Balaban J connectivity index is 1.50. The number of aromatic nitrogens is 2. The molecule has 0 saturated heterocycles. The van der Waals surface area contributed by atoms with Crippen LogP contribution < -0.4 is 10.1 Å². The molecule has 0 atom stereocenters. The third-order valence-corrected chi connectivity index (χ3v) is 5.05. The monoisotopic (exact) mass is 461 g/mol. The smallest absolute Gasteiger partial charge is 0.310 e. The van der Waals surface area contributed by atoms with Crippen LogP contribution in [0.4, 0.5) is 5.69 Å². The Bertz CT molecular complexity index is 958. The van der Waals surface area contributed by atoms with Gasteiger partial charge < -0.3 is 14.8 Å². The summed E-state index contributed by atoms with van der Waals surface area (Å²) in [6, 6.07) is 14.3. The Labute approximate surface area is 173 Å². The number of rotatable bonds is 7. The van der Waals surface area contributed by atoms with Crippen LogP contribution in [0.25, 0.3) is 0 Å². The van der Waals surface area contributed by atoms with Crippen LogP contribution in [0, 0.1) is 0 Å². The normalized spacial score (nSPS) is 10.4. The maximum Gasteiger partial charge on any atom is 0.310 e. The first-order chi connectivity index (χ1) is 13.5. The van der Waals surface area contributed by atoms with E-state index in [4.69, 9.17) is 9.47 Å². The van der Waals surface area contributed by atoms with Crippen molar-refractivity contribution in [3.8, 4) is 5.75 Å². The average Bonchev–Trinajstić information content (AvgIpc) is 3.18. The molecule has 0 unspecified atom stereocenters. The molecule has 0 aliphatic rings. The minimum atomic E-state index is -0.380. The standard InChI is InChI=1S/C19H16BrN3O4S/c1-26-15-8-6-14(7-9-15)21-18(25)19-23-22-16(28-19)11-27-17(24)10-12-2-4-13(20)5-3-12/h2-9H,10-11H2,1H3,(H,21,25). The van der Waals surface area contributed by atoms with Crippen molar-refractivity contribution in [1.82, 2.24) is 10.2 Å². The molecular weight excluding hydrogens is 446 g/mol. The lowest BCUT2D eigenvalue weighted by Crippen LogP contribution is -2.11. The summed E-state index contributed by atoms with van der Waals surface area (Å²) in [6.45, 7) is -0.0250. The van der Waals surface area contributed by atoms with E-state index < -0.39 is 0 Å². The van der Waals surface area contributed by atoms with Crippen molar-refractivity contribution in [2.24, 2.45) is 0 Å². The molecule has 1 heterocycles. The third-order valence-electron chi connectivity index (χ3n) is 3.63. The SMILES string of the molecule is COc1ccc(NC(=O)c2nnc(COC(=O)Cc3ccc(Br)cc3)s2)cc1. The molecule has 0 saturated carbocycles. The number of nitrogens with one attached hydrogen (secondary N) is 1. The van der Waals surface area contributed by atoms with Gasteiger partial charge in [-0.15, -0.1) is 10.2 Å². The minimum Gasteiger partial charge on any atom is -0.497 e. The number of carbonyl (C=O) groups excluding carboxylic acids is 2. The molecule has 0 aliphatic heterocycles. The van der Waals surface area contributed by atoms with Crippen LogP contribution in [0.3, 0.4) is 0 Å². The van der Waals surface area contributed by atoms with E-state index in [1.165, 1.54) is 0 Å². The van der Waals surface area contributed by atoms with E-state index in [0.29, 0.717) is 16.4 Å². The maximum atomic E-state index is 12.2. The van der Waals surface area contributed by atoms with E-state index in [-0.39, 0.29) is 29.9 Å². The van der Waals surface area contributed by atoms with E-state index in [0.717, 1.165) is 21.4 Å². The van der Waals surface area contributed by atoms with Crippen molar-refractivity contribution in [2.75, 3.05) is 12.4 Å². The van der Waals surface area contributed by atoms with Crippen LogP contribution in [0.5, 0.6) is 5.75 Å². The Hall–Kier alpha value is -2.78. The molecule has 0 aliphatic carbocycles. The fraction of sp³-hybridized carbons (Fsp3) is 0.158. The molecule has 0 fully saturated rings. The highest BCUT2D eigenvalue weighted by molar-refractivity contribution is 9.10. The molecular formula is C19H16BrN3O4S. The Morgan fingerprint density at radius 3 is 2.46 bits per heavy atom. The lowest BCUT2D eigenvalue weighted by molar-refractivity contribution is -0.144. The van der Waals surface area contributed by atoms with E-state index in [9.17, 15) is 9.59 Å². The van der Waals surface area contributed by atoms with Gasteiger partial charge in [-0.1, -0.05) is 39.4 Å². The molecule has 2 aromatic carbocycles. The minimum absolute atomic E-state index is 0.0250. The summed E-state index contributed by atoms with van der Waals surface area (Å²) in [6.07, 6.45) is 0.164. The number of anilines is 1. The molecule has 28 heavy (non-hydrogen) atoms. The van der Waals surface area contributed by atoms with Crippen LogP contribution in [-0.2, 0) is 22.6 Å². The molecule has 9 heteroatoms. The van der Waals surface area contributed by atoms with E-state index in [2.05, 4.69) is 31.4 Å². The number of ether oxygens (including phenoxy) is 2. The fourth-order valence-electron chi connectivity index (χ4n) is 2.22. The number of esters is 1. The van der Waals surface area contributed by atoms with Gasteiger partial charge in [0.15, 0.2) is 5.01 Å². The number of hydrogen-bond acceptors (Lipinski definition) is 7. The maximum absolute atomic E-state index is 12.2. The quantitative estimate of drug-likeness (QED) is 0.537. The molecule has 1 N–H and O–H groups in total. The second kappa shape index (κ2) is 9.43. The number of carbonyl (C=O) groups is 2. The van der Waals surface area contributed by atoms with Crippen molar-refractivity contribution in [1.29, 1.82) is 0 Å². The summed E-state index contributed by atoms with van der Waals surface area (Å²) in [5.74, 6) is -0.0574. The van der Waals surface area contributed by atoms with Crippen LogP contribution in [-0.4, -0.2) is 29.2 Å². The predicted octanol–water partition coefficient (Wildman–Crippen LogP) is 3.85. The first kappa shape index (κ1) is 20.0. The van der Waals surface area contributed by atoms with Crippen LogP contribution in [0.2, 0.25) is 0 Å². The van der Waals surface area contributed by atoms with Crippen molar-refractivity contribution in [3.63, 3.8) is 0 Å². The van der Waals surface area contributed by atoms with Crippen molar-refractivity contribution < 1.29 is 19.1 Å². The second-order valence-electron chi connectivity index (χ2n) is 5.65. The van der Waals surface area contributed by atoms with Gasteiger partial charge in [-0.25, -0.2) is 0 Å². The second-order valence-corrected chi connectivity index (χ2v) is 7.63. The zero-order chi connectivity index (χ0) is 19.9. The van der Waals surface area contributed by atoms with Crippen LogP contribution in [0.15, 0.2) is 53.0 Å². The molecule has 144 valence electrons. The molecule has 0 bridgehead atoms. The van der Waals surface area contributed by atoms with Crippen LogP contribution in [0.1, 0.15) is 20.4 Å². The zero-order valence-corrected chi connectivity index (χ0v) is 17.2. The fourth-order valence-corrected chi connectivity index (χ4v) is 3.14. The summed E-state index contributed by atoms with van der Waals surface area (Å²) in [5.41, 5.74) is 1.47. The van der Waals surface area contributed by atoms with Gasteiger partial charge in [0.2, 0.25) is 5.01 Å². The van der Waals surface area contributed by atoms with Gasteiger partial charge in [0, 0.05) is 10.2 Å². The third kappa shape index (κ3) is 5.61. The highest BCUT2D eigenvalue weighted by Crippen LogP contribution is 2.18. The number of amides is 1. The Morgan fingerprint density at radius 1 is 1.07 bits per heavy atom. The number of nitrogens with zero attached hydrogens (tertiary/aromatic N) is 2. The molecule has 1 amide bonds. The van der Waals surface area contributed by atoms with Gasteiger partial charge in [0.1, 0.15) is 12.4 Å². The summed E-state index contributed by atoms with van der Waals surface area (Å²) >= 11 is 4.42. The van der Waals surface area contributed by atoms with E-state index >= 15 is 0 Å². The molecule has 3 aromatic rings. The average molecular weight is 462 g/mol. The van der Waals surface area contributed by atoms with Gasteiger partial charge in [-0.05, 0) is 42.0 Å². The molecule has 1 aromatic heterocycles. The van der Waals surface area contributed by atoms with E-state index in [1.54, 1.807) is 31.4 Å². The molecule has 3 rings (SSSR count). The lowest BCUT2D eigenvalue weighted by atomic mass is 10.2. The summed E-state index contributed by atoms with van der Waals surface area (Å²) in [7, 11) is 1.57. The largest absolute Gasteiger partial charge is 0.497 e.